The number of nitrogens with one attached hydrogen (secondary N) is 1. The number of nitrogens with two attached hydrogens (primary N) is 1. The van der Waals surface area contributed by atoms with Crippen molar-refractivity contribution < 1.29 is 0 Å². The second kappa shape index (κ2) is 10.6. The largest absolute Gasteiger partial charge is 0.370 e. The first-order valence-electron chi connectivity index (χ1n) is 6.28. The molecule has 3 N–H and O–H groups in total. The molecule has 0 aromatic rings. The van der Waals surface area contributed by atoms with Crippen LogP contribution in [0.15, 0.2) is 17.6 Å². The Bertz CT molecular complexity index is 257. The van der Waals surface area contributed by atoms with Gasteiger partial charge >= 0.3 is 0 Å². The lowest BCUT2D eigenvalue weighted by molar-refractivity contribution is 0.283. The summed E-state index contributed by atoms with van der Waals surface area (Å²) in [5.74, 6) is 0.511. The third kappa shape index (κ3) is 7.88. The molecule has 0 bridgehead atoms. The van der Waals surface area contributed by atoms with Crippen LogP contribution in [0.25, 0.3) is 0 Å². The van der Waals surface area contributed by atoms with Gasteiger partial charge in [-0.2, -0.15) is 0 Å². The molecule has 1 rings (SSSR count). The summed E-state index contributed by atoms with van der Waals surface area (Å²) in [7, 11) is 2.18. The predicted molar refractivity (Wildman–Crippen MR) is 88.7 cm³/mol. The van der Waals surface area contributed by atoms with E-state index in [0.717, 1.165) is 26.2 Å². The van der Waals surface area contributed by atoms with Gasteiger partial charge < -0.3 is 20.9 Å². The molecule has 1 fully saturated rings. The molecule has 0 aliphatic carbocycles. The highest BCUT2D eigenvalue weighted by molar-refractivity contribution is 14.0. The van der Waals surface area contributed by atoms with E-state index < -0.39 is 0 Å². The van der Waals surface area contributed by atoms with Gasteiger partial charge in [-0.25, -0.2) is 0 Å². The van der Waals surface area contributed by atoms with Crippen LogP contribution in [-0.4, -0.2) is 68.6 Å². The van der Waals surface area contributed by atoms with E-state index in [2.05, 4.69) is 33.7 Å². The van der Waals surface area contributed by atoms with Crippen molar-refractivity contribution in [2.75, 3.05) is 52.9 Å². The molecular formula is C12H26IN5. The maximum Gasteiger partial charge on any atom is 0.188 e. The van der Waals surface area contributed by atoms with Crippen molar-refractivity contribution >= 4 is 29.9 Å². The summed E-state index contributed by atoms with van der Waals surface area (Å²) in [6.45, 7) is 10.7. The lowest BCUT2D eigenvalue weighted by Gasteiger charge is -2.18. The Kier molecular flexibility index (Phi) is 10.4. The molecule has 0 atom stereocenters. The average Bonchev–Trinajstić information content (AvgIpc) is 2.52. The Labute approximate surface area is 128 Å². The van der Waals surface area contributed by atoms with E-state index >= 15 is 0 Å². The Hall–Kier alpha value is -0.340. The Morgan fingerprint density at radius 3 is 2.89 bits per heavy atom. The number of likely N-dealkylation sites (N-methyl/N-ethyl adjacent to an activating group) is 1. The minimum absolute atomic E-state index is 0. The standard InChI is InChI=1S/C12H25N5.HI/c1-3-5-14-12(13)15-6-9-17-8-4-7-16(2)10-11-17;/h3H,1,4-11H2,2H3,(H3,13,14,15);1H. The average molecular weight is 367 g/mol. The van der Waals surface area contributed by atoms with Gasteiger partial charge in [-0.15, -0.1) is 30.6 Å². The minimum atomic E-state index is 0. The maximum absolute atomic E-state index is 5.69. The summed E-state index contributed by atoms with van der Waals surface area (Å²) in [4.78, 5) is 9.12. The fourth-order valence-corrected chi connectivity index (χ4v) is 1.87. The summed E-state index contributed by atoms with van der Waals surface area (Å²) in [5.41, 5.74) is 5.69. The molecule has 0 aromatic carbocycles. The molecule has 1 saturated heterocycles. The van der Waals surface area contributed by atoms with Crippen LogP contribution in [0.2, 0.25) is 0 Å². The molecular weight excluding hydrogens is 341 g/mol. The van der Waals surface area contributed by atoms with Crippen LogP contribution in [0.4, 0.5) is 0 Å². The molecule has 18 heavy (non-hydrogen) atoms. The summed E-state index contributed by atoms with van der Waals surface area (Å²) in [6.07, 6.45) is 3.01. The minimum Gasteiger partial charge on any atom is -0.370 e. The van der Waals surface area contributed by atoms with Crippen LogP contribution in [0.5, 0.6) is 0 Å². The summed E-state index contributed by atoms with van der Waals surface area (Å²) in [5, 5.41) is 2.97. The number of guanidine groups is 1. The number of rotatable bonds is 5. The van der Waals surface area contributed by atoms with Crippen molar-refractivity contribution in [3.63, 3.8) is 0 Å². The first-order chi connectivity index (χ1) is 8.22. The normalized spacial score (nSPS) is 18.8. The third-order valence-electron chi connectivity index (χ3n) is 2.94. The molecule has 5 nitrogen and oxygen atoms in total. The van der Waals surface area contributed by atoms with E-state index in [-0.39, 0.29) is 24.0 Å². The maximum atomic E-state index is 5.69. The zero-order chi connectivity index (χ0) is 12.5. The van der Waals surface area contributed by atoms with E-state index in [1.807, 2.05) is 0 Å². The predicted octanol–water partition coefficient (Wildman–Crippen LogP) is 0.332. The van der Waals surface area contributed by atoms with Gasteiger partial charge in [0.2, 0.25) is 0 Å². The summed E-state index contributed by atoms with van der Waals surface area (Å²) >= 11 is 0. The van der Waals surface area contributed by atoms with Crippen molar-refractivity contribution in [2.45, 2.75) is 6.42 Å². The van der Waals surface area contributed by atoms with E-state index in [1.165, 1.54) is 19.5 Å². The van der Waals surface area contributed by atoms with E-state index in [1.54, 1.807) is 6.08 Å². The topological polar surface area (TPSA) is 56.9 Å². The lowest BCUT2D eigenvalue weighted by atomic mass is 10.4. The van der Waals surface area contributed by atoms with Gasteiger partial charge in [0.1, 0.15) is 0 Å². The lowest BCUT2D eigenvalue weighted by Crippen LogP contribution is -2.34. The highest BCUT2D eigenvalue weighted by Crippen LogP contribution is 2.00. The van der Waals surface area contributed by atoms with Crippen molar-refractivity contribution in [1.29, 1.82) is 0 Å². The SMILES string of the molecule is C=CCNC(N)=NCCN1CCCN(C)CC1.I. The van der Waals surface area contributed by atoms with E-state index in [9.17, 15) is 0 Å². The molecule has 0 saturated carbocycles. The van der Waals surface area contributed by atoms with E-state index in [0.29, 0.717) is 12.5 Å². The molecule has 0 unspecified atom stereocenters. The number of hydrogen-bond donors (Lipinski definition) is 2. The Morgan fingerprint density at radius 1 is 1.39 bits per heavy atom. The second-order valence-corrected chi connectivity index (χ2v) is 4.44. The van der Waals surface area contributed by atoms with Crippen LogP contribution < -0.4 is 11.1 Å². The van der Waals surface area contributed by atoms with Crippen LogP contribution in [0, 0.1) is 0 Å². The fraction of sp³-hybridized carbons (Fsp3) is 0.750. The third-order valence-corrected chi connectivity index (χ3v) is 2.94. The molecule has 0 radical (unpaired) electrons. The molecule has 6 heteroatoms. The number of halogens is 1. The van der Waals surface area contributed by atoms with Gasteiger partial charge in [0.25, 0.3) is 0 Å². The molecule has 1 heterocycles. The van der Waals surface area contributed by atoms with Crippen molar-refractivity contribution in [3.8, 4) is 0 Å². The van der Waals surface area contributed by atoms with Crippen molar-refractivity contribution in [1.82, 2.24) is 15.1 Å². The van der Waals surface area contributed by atoms with Crippen LogP contribution >= 0.6 is 24.0 Å². The first-order valence-corrected chi connectivity index (χ1v) is 6.28. The number of hydrogen-bond acceptors (Lipinski definition) is 3. The van der Waals surface area contributed by atoms with Gasteiger partial charge in [-0.05, 0) is 26.6 Å². The van der Waals surface area contributed by atoms with E-state index in [4.69, 9.17) is 5.73 Å². The van der Waals surface area contributed by atoms with Gasteiger partial charge in [0, 0.05) is 26.2 Å². The smallest absolute Gasteiger partial charge is 0.188 e. The van der Waals surface area contributed by atoms with Crippen LogP contribution in [0.3, 0.4) is 0 Å². The first kappa shape index (κ1) is 17.7. The fourth-order valence-electron chi connectivity index (χ4n) is 1.87. The highest BCUT2D eigenvalue weighted by Gasteiger charge is 2.10. The number of aliphatic imine (C=N–C) groups is 1. The van der Waals surface area contributed by atoms with Crippen molar-refractivity contribution in [2.24, 2.45) is 10.7 Å². The zero-order valence-electron chi connectivity index (χ0n) is 11.3. The molecule has 1 aliphatic rings. The quantitative estimate of drug-likeness (QED) is 0.318. The molecule has 0 aromatic heterocycles. The second-order valence-electron chi connectivity index (χ2n) is 4.44. The number of nitrogens with zero attached hydrogens (tertiary/aromatic N) is 3. The zero-order valence-corrected chi connectivity index (χ0v) is 13.6. The van der Waals surface area contributed by atoms with Crippen molar-refractivity contribution in [3.05, 3.63) is 12.7 Å². The van der Waals surface area contributed by atoms with Crippen LogP contribution in [0.1, 0.15) is 6.42 Å². The van der Waals surface area contributed by atoms with Gasteiger partial charge in [0.05, 0.1) is 6.54 Å². The van der Waals surface area contributed by atoms with Gasteiger partial charge in [0.15, 0.2) is 5.96 Å². The highest BCUT2D eigenvalue weighted by atomic mass is 127. The monoisotopic (exact) mass is 367 g/mol. The van der Waals surface area contributed by atoms with Crippen LogP contribution in [-0.2, 0) is 0 Å². The molecule has 1 aliphatic heterocycles. The molecule has 106 valence electrons. The Balaban J connectivity index is 0.00000289. The van der Waals surface area contributed by atoms with Gasteiger partial charge in [-0.3, -0.25) is 4.99 Å². The molecule has 0 spiro atoms. The molecule has 0 amide bonds. The van der Waals surface area contributed by atoms with Gasteiger partial charge in [-0.1, -0.05) is 6.08 Å². The Morgan fingerprint density at radius 2 is 2.17 bits per heavy atom. The summed E-state index contributed by atoms with van der Waals surface area (Å²) in [6, 6.07) is 0. The summed E-state index contributed by atoms with van der Waals surface area (Å²) < 4.78 is 0.